The molecular formula is C33H31ClFN5O3. The van der Waals surface area contributed by atoms with Crippen molar-refractivity contribution in [3.63, 3.8) is 0 Å². The lowest BCUT2D eigenvalue weighted by Crippen LogP contribution is -2.44. The number of likely N-dealkylation sites (tertiary alicyclic amines) is 1. The molecule has 6 rings (SSSR count). The molecule has 1 saturated heterocycles. The SMILES string of the molecule is CC(=O)c1nn(CC(=O)N2[C@@H]3C[C@@H]3C[C@H]2C(=O)CC/C(F)=C(/C)c2ccccc2Cl)c2ccc(-c3cnc(C)nc3)cc12. The van der Waals surface area contributed by atoms with Crippen LogP contribution in [0.5, 0.6) is 0 Å². The second-order valence-corrected chi connectivity index (χ2v) is 11.8. The summed E-state index contributed by atoms with van der Waals surface area (Å²) in [5, 5.41) is 5.59. The van der Waals surface area contributed by atoms with E-state index in [9.17, 15) is 14.4 Å². The molecule has 10 heteroatoms. The number of fused-ring (bicyclic) bond motifs is 2. The summed E-state index contributed by atoms with van der Waals surface area (Å²) in [4.78, 5) is 49.7. The quantitative estimate of drug-likeness (QED) is 0.207. The van der Waals surface area contributed by atoms with Crippen molar-refractivity contribution in [3.05, 3.63) is 82.8 Å². The van der Waals surface area contributed by atoms with Crippen LogP contribution in [0, 0.1) is 12.8 Å². The molecule has 3 heterocycles. The standard InChI is InChI=1S/C33H31ClFN5O3/c1-18(24-6-4-5-7-26(24)34)27(35)9-11-31(42)30-14-22-13-29(22)40(30)32(43)17-39-28-10-8-21(23-15-36-20(3)37-16-23)12-25(28)33(38-39)19(2)41/h4-8,10,12,15-16,22,29-30H,9,11,13-14,17H2,1-3H3/b27-18+/t22-,29-,30+/m1/s1. The molecular weight excluding hydrogens is 569 g/mol. The molecule has 0 unspecified atom stereocenters. The van der Waals surface area contributed by atoms with E-state index in [1.54, 1.807) is 48.5 Å². The predicted octanol–water partition coefficient (Wildman–Crippen LogP) is 6.40. The fraction of sp³-hybridized carbons (Fsp3) is 0.333. The van der Waals surface area contributed by atoms with Gasteiger partial charge in [-0.05, 0) is 67.5 Å². The van der Waals surface area contributed by atoms with Gasteiger partial charge in [-0.25, -0.2) is 14.4 Å². The van der Waals surface area contributed by atoms with Gasteiger partial charge in [0, 0.05) is 54.2 Å². The maximum absolute atomic E-state index is 15.1. The summed E-state index contributed by atoms with van der Waals surface area (Å²) in [5.41, 5.74) is 3.56. The highest BCUT2D eigenvalue weighted by Gasteiger charge is 2.55. The predicted molar refractivity (Wildman–Crippen MR) is 162 cm³/mol. The highest BCUT2D eigenvalue weighted by molar-refractivity contribution is 6.32. The maximum Gasteiger partial charge on any atom is 0.245 e. The highest BCUT2D eigenvalue weighted by Crippen LogP contribution is 2.48. The van der Waals surface area contributed by atoms with Crippen LogP contribution in [0.15, 0.2) is 60.7 Å². The fourth-order valence-corrected chi connectivity index (χ4v) is 6.37. The molecule has 4 aromatic rings. The summed E-state index contributed by atoms with van der Waals surface area (Å²) in [5.74, 6) is -0.0500. The number of carbonyl (C=O) groups is 3. The first-order chi connectivity index (χ1) is 20.6. The third-order valence-corrected chi connectivity index (χ3v) is 8.85. The lowest BCUT2D eigenvalue weighted by molar-refractivity contribution is -0.139. The van der Waals surface area contributed by atoms with Gasteiger partial charge in [-0.1, -0.05) is 35.9 Å². The Labute approximate surface area is 253 Å². The van der Waals surface area contributed by atoms with Gasteiger partial charge < -0.3 is 4.90 Å². The van der Waals surface area contributed by atoms with Gasteiger partial charge in [-0.2, -0.15) is 5.10 Å². The van der Waals surface area contributed by atoms with Gasteiger partial charge in [-0.3, -0.25) is 19.1 Å². The Morgan fingerprint density at radius 1 is 1.00 bits per heavy atom. The van der Waals surface area contributed by atoms with Crippen LogP contribution in [0.4, 0.5) is 4.39 Å². The van der Waals surface area contributed by atoms with Gasteiger partial charge in [0.15, 0.2) is 11.6 Å². The van der Waals surface area contributed by atoms with Crippen LogP contribution in [-0.2, 0) is 16.1 Å². The topological polar surface area (TPSA) is 98.1 Å². The van der Waals surface area contributed by atoms with Crippen LogP contribution >= 0.6 is 11.6 Å². The second kappa shape index (κ2) is 11.4. The molecule has 2 aromatic carbocycles. The zero-order valence-electron chi connectivity index (χ0n) is 24.2. The number of ketones is 2. The second-order valence-electron chi connectivity index (χ2n) is 11.4. The highest BCUT2D eigenvalue weighted by atomic mass is 35.5. The van der Waals surface area contributed by atoms with Gasteiger partial charge in [0.2, 0.25) is 5.91 Å². The van der Waals surface area contributed by atoms with E-state index in [-0.39, 0.29) is 60.3 Å². The number of amides is 1. The number of benzene rings is 2. The molecule has 2 fully saturated rings. The summed E-state index contributed by atoms with van der Waals surface area (Å²) in [6.07, 6.45) is 4.83. The third-order valence-electron chi connectivity index (χ3n) is 8.52. The molecule has 2 aromatic heterocycles. The zero-order valence-corrected chi connectivity index (χ0v) is 24.9. The van der Waals surface area contributed by atoms with E-state index in [0.29, 0.717) is 39.3 Å². The summed E-state index contributed by atoms with van der Waals surface area (Å²) in [6, 6.07) is 12.0. The van der Waals surface area contributed by atoms with Gasteiger partial charge >= 0.3 is 0 Å². The third kappa shape index (κ3) is 5.61. The molecule has 43 heavy (non-hydrogen) atoms. The fourth-order valence-electron chi connectivity index (χ4n) is 6.09. The smallest absolute Gasteiger partial charge is 0.245 e. The minimum Gasteiger partial charge on any atom is -0.328 e. The lowest BCUT2D eigenvalue weighted by atomic mass is 10.00. The van der Waals surface area contributed by atoms with Gasteiger partial charge in [0.05, 0.1) is 11.6 Å². The first-order valence-electron chi connectivity index (χ1n) is 14.4. The number of hydrogen-bond donors (Lipinski definition) is 0. The Morgan fingerprint density at radius 2 is 1.74 bits per heavy atom. The van der Waals surface area contributed by atoms with Crippen molar-refractivity contribution < 1.29 is 18.8 Å². The van der Waals surface area contributed by atoms with E-state index in [4.69, 9.17) is 11.6 Å². The molecule has 0 N–H and O–H groups in total. The van der Waals surface area contributed by atoms with E-state index < -0.39 is 6.04 Å². The van der Waals surface area contributed by atoms with E-state index in [0.717, 1.165) is 17.5 Å². The first-order valence-corrected chi connectivity index (χ1v) is 14.7. The molecule has 220 valence electrons. The first kappa shape index (κ1) is 28.9. The number of carbonyl (C=O) groups excluding carboxylic acids is 3. The Kier molecular flexibility index (Phi) is 7.68. The molecule has 0 bridgehead atoms. The molecule has 1 amide bonds. The Morgan fingerprint density at radius 3 is 2.47 bits per heavy atom. The zero-order chi connectivity index (χ0) is 30.4. The van der Waals surface area contributed by atoms with Gasteiger partial charge in [0.25, 0.3) is 0 Å². The van der Waals surface area contributed by atoms with Crippen molar-refractivity contribution in [3.8, 4) is 11.1 Å². The largest absolute Gasteiger partial charge is 0.328 e. The Bertz CT molecular complexity index is 1800. The Hall–Kier alpha value is -4.24. The van der Waals surface area contributed by atoms with Crippen LogP contribution in [-0.4, -0.2) is 54.2 Å². The summed E-state index contributed by atoms with van der Waals surface area (Å²) >= 11 is 6.22. The number of piperidine rings is 1. The lowest BCUT2D eigenvalue weighted by Gasteiger charge is -2.27. The normalized spacial score (nSPS) is 19.7. The molecule has 2 aliphatic rings. The van der Waals surface area contributed by atoms with Crippen molar-refractivity contribution in [2.24, 2.45) is 5.92 Å². The number of aromatic nitrogens is 4. The van der Waals surface area contributed by atoms with Crippen LogP contribution in [0.1, 0.15) is 61.4 Å². The van der Waals surface area contributed by atoms with E-state index in [2.05, 4.69) is 15.1 Å². The van der Waals surface area contributed by atoms with Crippen LogP contribution in [0.2, 0.25) is 5.02 Å². The number of nitrogens with zero attached hydrogens (tertiary/aromatic N) is 5. The monoisotopic (exact) mass is 599 g/mol. The van der Waals surface area contributed by atoms with Crippen molar-refractivity contribution in [2.45, 2.75) is 65.1 Å². The van der Waals surface area contributed by atoms with Crippen LogP contribution in [0.3, 0.4) is 0 Å². The molecule has 3 atom stereocenters. The van der Waals surface area contributed by atoms with E-state index in [1.807, 2.05) is 25.1 Å². The molecule has 8 nitrogen and oxygen atoms in total. The van der Waals surface area contributed by atoms with Crippen molar-refractivity contribution in [1.29, 1.82) is 0 Å². The summed E-state index contributed by atoms with van der Waals surface area (Å²) in [7, 11) is 0. The van der Waals surface area contributed by atoms with E-state index >= 15 is 4.39 Å². The summed E-state index contributed by atoms with van der Waals surface area (Å²) in [6.45, 7) is 4.80. The molecule has 0 spiro atoms. The van der Waals surface area contributed by atoms with Crippen LogP contribution in [0.25, 0.3) is 27.6 Å². The maximum atomic E-state index is 15.1. The minimum absolute atomic E-state index is 0.00774. The van der Waals surface area contributed by atoms with E-state index in [1.165, 1.54) is 11.6 Å². The molecule has 0 radical (unpaired) electrons. The number of rotatable bonds is 9. The Balaban J connectivity index is 1.20. The minimum atomic E-state index is -0.591. The number of Topliss-reactive ketones (excluding diaryl/α,β-unsaturated/α-hetero) is 2. The molecule has 1 saturated carbocycles. The van der Waals surface area contributed by atoms with Crippen molar-refractivity contribution in [1.82, 2.24) is 24.6 Å². The number of halogens is 2. The molecule has 1 aliphatic heterocycles. The molecule has 1 aliphatic carbocycles. The van der Waals surface area contributed by atoms with Crippen molar-refractivity contribution >= 4 is 45.6 Å². The average Bonchev–Trinajstić information content (AvgIpc) is 3.50. The number of hydrogen-bond acceptors (Lipinski definition) is 6. The average molecular weight is 600 g/mol. The number of aryl methyl sites for hydroxylation is 1. The van der Waals surface area contributed by atoms with Crippen molar-refractivity contribution in [2.75, 3.05) is 0 Å². The van der Waals surface area contributed by atoms with Gasteiger partial charge in [0.1, 0.15) is 23.9 Å². The summed E-state index contributed by atoms with van der Waals surface area (Å²) < 4.78 is 16.6. The number of allylic oxidation sites excluding steroid dienone is 2. The van der Waals surface area contributed by atoms with Gasteiger partial charge in [-0.15, -0.1) is 0 Å². The van der Waals surface area contributed by atoms with Crippen LogP contribution < -0.4 is 0 Å².